The maximum absolute atomic E-state index is 13.6. The lowest BCUT2D eigenvalue weighted by Gasteiger charge is -2.10. The molecule has 3 aromatic rings. The molecular weight excluding hydrogens is 347 g/mol. The number of hydrogen-bond acceptors (Lipinski definition) is 5. The second-order valence-electron chi connectivity index (χ2n) is 5.98. The largest absolute Gasteiger partial charge is 0.496 e. The van der Waals surface area contributed by atoms with Crippen LogP contribution in [0.25, 0.3) is 11.3 Å². The Kier molecular flexibility index (Phi) is 5.71. The molecule has 0 aliphatic carbocycles. The van der Waals surface area contributed by atoms with Crippen LogP contribution in [0.1, 0.15) is 17.5 Å². The van der Waals surface area contributed by atoms with Gasteiger partial charge in [-0.05, 0) is 48.7 Å². The number of ether oxygens (including phenoxy) is 1. The van der Waals surface area contributed by atoms with E-state index in [0.29, 0.717) is 35.7 Å². The molecule has 0 saturated heterocycles. The number of benzene rings is 1. The molecule has 1 amide bonds. The van der Waals surface area contributed by atoms with Crippen LogP contribution in [0.4, 0.5) is 10.2 Å². The van der Waals surface area contributed by atoms with Crippen molar-refractivity contribution in [2.45, 2.75) is 19.8 Å². The number of carbonyl (C=O) groups is 1. The van der Waals surface area contributed by atoms with Crippen LogP contribution in [0.15, 0.2) is 49.1 Å². The van der Waals surface area contributed by atoms with Crippen LogP contribution in [0.3, 0.4) is 0 Å². The highest BCUT2D eigenvalue weighted by Gasteiger charge is 2.11. The van der Waals surface area contributed by atoms with Crippen LogP contribution in [0, 0.1) is 12.7 Å². The van der Waals surface area contributed by atoms with Gasteiger partial charge in [0, 0.05) is 30.4 Å². The molecule has 0 bridgehead atoms. The Morgan fingerprint density at radius 3 is 2.85 bits per heavy atom. The van der Waals surface area contributed by atoms with Crippen LogP contribution in [-0.4, -0.2) is 28.0 Å². The summed E-state index contributed by atoms with van der Waals surface area (Å²) < 4.78 is 18.9. The van der Waals surface area contributed by atoms with E-state index in [9.17, 15) is 9.18 Å². The van der Waals surface area contributed by atoms with E-state index >= 15 is 0 Å². The molecule has 0 fully saturated rings. The maximum Gasteiger partial charge on any atom is 0.225 e. The summed E-state index contributed by atoms with van der Waals surface area (Å²) >= 11 is 0. The van der Waals surface area contributed by atoms with Gasteiger partial charge in [-0.15, -0.1) is 0 Å². The van der Waals surface area contributed by atoms with E-state index in [0.717, 1.165) is 11.1 Å². The average molecular weight is 366 g/mol. The van der Waals surface area contributed by atoms with Crippen molar-refractivity contribution in [3.8, 4) is 17.0 Å². The first-order chi connectivity index (χ1) is 13.1. The summed E-state index contributed by atoms with van der Waals surface area (Å²) in [6.45, 7) is 1.98. The van der Waals surface area contributed by atoms with Crippen molar-refractivity contribution in [1.29, 1.82) is 0 Å². The third-order valence-corrected chi connectivity index (χ3v) is 4.14. The third-order valence-electron chi connectivity index (χ3n) is 4.14. The highest BCUT2D eigenvalue weighted by Crippen LogP contribution is 2.29. The molecule has 138 valence electrons. The van der Waals surface area contributed by atoms with Crippen molar-refractivity contribution in [2.75, 3.05) is 12.4 Å². The van der Waals surface area contributed by atoms with Crippen LogP contribution in [0.5, 0.6) is 5.75 Å². The van der Waals surface area contributed by atoms with Gasteiger partial charge >= 0.3 is 0 Å². The van der Waals surface area contributed by atoms with Crippen LogP contribution >= 0.6 is 0 Å². The van der Waals surface area contributed by atoms with Crippen molar-refractivity contribution in [2.24, 2.45) is 0 Å². The monoisotopic (exact) mass is 366 g/mol. The Bertz CT molecular complexity index is 962. The van der Waals surface area contributed by atoms with E-state index < -0.39 is 5.82 Å². The number of pyridine rings is 1. The number of aromatic nitrogens is 3. The fourth-order valence-electron chi connectivity index (χ4n) is 2.67. The zero-order chi connectivity index (χ0) is 19.2. The predicted molar refractivity (Wildman–Crippen MR) is 99.9 cm³/mol. The van der Waals surface area contributed by atoms with Crippen molar-refractivity contribution < 1.29 is 13.9 Å². The molecule has 0 saturated carbocycles. The van der Waals surface area contributed by atoms with Crippen LogP contribution < -0.4 is 10.1 Å². The smallest absolute Gasteiger partial charge is 0.225 e. The van der Waals surface area contributed by atoms with E-state index in [-0.39, 0.29) is 5.91 Å². The minimum absolute atomic E-state index is 0.172. The number of amides is 1. The standard InChI is InChI=1S/C20H19FN4O2/c1-13-7-8-22-11-14(13)3-6-20(26)25-19-10-17(23-12-24-19)16-9-15(21)4-5-18(16)27-2/h4-5,7-12H,3,6H2,1-2H3,(H,23,24,25,26). The van der Waals surface area contributed by atoms with E-state index in [1.807, 2.05) is 13.0 Å². The summed E-state index contributed by atoms with van der Waals surface area (Å²) in [5, 5.41) is 2.75. The van der Waals surface area contributed by atoms with Gasteiger partial charge in [0.2, 0.25) is 5.91 Å². The molecule has 0 unspecified atom stereocenters. The number of aryl methyl sites for hydroxylation is 2. The Morgan fingerprint density at radius 1 is 1.22 bits per heavy atom. The average Bonchev–Trinajstić information content (AvgIpc) is 2.67. The SMILES string of the molecule is COc1ccc(F)cc1-c1cc(NC(=O)CCc2cnccc2C)ncn1. The number of hydrogen-bond donors (Lipinski definition) is 1. The van der Waals surface area contributed by atoms with Crippen molar-refractivity contribution in [3.63, 3.8) is 0 Å². The molecule has 0 radical (unpaired) electrons. The number of rotatable bonds is 6. The number of halogens is 1. The fourth-order valence-corrected chi connectivity index (χ4v) is 2.67. The molecule has 3 rings (SSSR count). The molecule has 6 nitrogen and oxygen atoms in total. The zero-order valence-electron chi connectivity index (χ0n) is 15.1. The number of methoxy groups -OCH3 is 1. The topological polar surface area (TPSA) is 77.0 Å². The summed E-state index contributed by atoms with van der Waals surface area (Å²) in [7, 11) is 1.50. The molecule has 0 aliphatic rings. The fraction of sp³-hybridized carbons (Fsp3) is 0.200. The van der Waals surface area contributed by atoms with E-state index in [2.05, 4.69) is 20.3 Å². The highest BCUT2D eigenvalue weighted by atomic mass is 19.1. The van der Waals surface area contributed by atoms with Crippen molar-refractivity contribution >= 4 is 11.7 Å². The predicted octanol–water partition coefficient (Wildman–Crippen LogP) is 3.57. The summed E-state index contributed by atoms with van der Waals surface area (Å²) in [4.78, 5) is 24.5. The van der Waals surface area contributed by atoms with Gasteiger partial charge in [0.15, 0.2) is 0 Å². The van der Waals surface area contributed by atoms with Gasteiger partial charge in [-0.1, -0.05) is 0 Å². The van der Waals surface area contributed by atoms with Crippen molar-refractivity contribution in [1.82, 2.24) is 15.0 Å². The first-order valence-electron chi connectivity index (χ1n) is 8.42. The summed E-state index contributed by atoms with van der Waals surface area (Å²) in [6, 6.07) is 7.67. The lowest BCUT2D eigenvalue weighted by molar-refractivity contribution is -0.116. The molecule has 2 aromatic heterocycles. The van der Waals surface area contributed by atoms with Gasteiger partial charge in [0.05, 0.1) is 12.8 Å². The molecule has 2 heterocycles. The van der Waals surface area contributed by atoms with E-state index in [1.165, 1.54) is 31.6 Å². The quantitative estimate of drug-likeness (QED) is 0.722. The van der Waals surface area contributed by atoms with E-state index in [1.54, 1.807) is 18.5 Å². The van der Waals surface area contributed by atoms with E-state index in [4.69, 9.17) is 4.74 Å². The van der Waals surface area contributed by atoms with Gasteiger partial charge in [-0.3, -0.25) is 9.78 Å². The summed E-state index contributed by atoms with van der Waals surface area (Å²) in [5.74, 6) is 0.259. The first-order valence-corrected chi connectivity index (χ1v) is 8.42. The Labute approximate surface area is 156 Å². The minimum atomic E-state index is -0.401. The van der Waals surface area contributed by atoms with Gasteiger partial charge in [0.25, 0.3) is 0 Å². The molecule has 1 aromatic carbocycles. The lowest BCUT2D eigenvalue weighted by atomic mass is 10.1. The van der Waals surface area contributed by atoms with Crippen LogP contribution in [-0.2, 0) is 11.2 Å². The Hall–Kier alpha value is -3.35. The molecular formula is C20H19FN4O2. The molecule has 27 heavy (non-hydrogen) atoms. The first kappa shape index (κ1) is 18.4. The second-order valence-corrected chi connectivity index (χ2v) is 5.98. The van der Waals surface area contributed by atoms with Crippen LogP contribution in [0.2, 0.25) is 0 Å². The number of nitrogens with one attached hydrogen (secondary N) is 1. The van der Waals surface area contributed by atoms with Crippen molar-refractivity contribution in [3.05, 3.63) is 66.0 Å². The molecule has 0 spiro atoms. The lowest BCUT2D eigenvalue weighted by Crippen LogP contribution is -2.14. The molecule has 0 atom stereocenters. The summed E-state index contributed by atoms with van der Waals surface area (Å²) in [6.07, 6.45) is 5.69. The van der Waals surface area contributed by atoms with Gasteiger partial charge in [0.1, 0.15) is 23.7 Å². The Balaban J connectivity index is 1.72. The van der Waals surface area contributed by atoms with Gasteiger partial charge in [-0.25, -0.2) is 14.4 Å². The van der Waals surface area contributed by atoms with Gasteiger partial charge in [-0.2, -0.15) is 0 Å². The maximum atomic E-state index is 13.6. The molecule has 7 heteroatoms. The van der Waals surface area contributed by atoms with Gasteiger partial charge < -0.3 is 10.1 Å². The number of nitrogens with zero attached hydrogens (tertiary/aromatic N) is 3. The Morgan fingerprint density at radius 2 is 2.07 bits per heavy atom. The minimum Gasteiger partial charge on any atom is -0.496 e. The highest BCUT2D eigenvalue weighted by molar-refractivity contribution is 5.90. The summed E-state index contributed by atoms with van der Waals surface area (Å²) in [5.41, 5.74) is 3.07. The zero-order valence-corrected chi connectivity index (χ0v) is 15.1. The molecule has 1 N–H and O–H groups in total. The molecule has 0 aliphatic heterocycles. The normalized spacial score (nSPS) is 10.5. The number of anilines is 1. The third kappa shape index (κ3) is 4.63. The number of carbonyl (C=O) groups excluding carboxylic acids is 1. The second kappa shape index (κ2) is 8.35.